The number of aromatic nitrogens is 3. The number of fused-ring (bicyclic) bond motifs is 1. The number of nitrogens with one attached hydrogen (secondary N) is 1. The number of aromatic amines is 1. The van der Waals surface area contributed by atoms with Crippen LogP contribution in [0.4, 0.5) is 0 Å². The Bertz CT molecular complexity index is 845. The van der Waals surface area contributed by atoms with Gasteiger partial charge in [0.2, 0.25) is 0 Å². The van der Waals surface area contributed by atoms with E-state index in [0.29, 0.717) is 17.9 Å². The summed E-state index contributed by atoms with van der Waals surface area (Å²) >= 11 is 0. The number of nitrogens with two attached hydrogens (primary N) is 1. The van der Waals surface area contributed by atoms with Crippen LogP contribution in [0.15, 0.2) is 41.5 Å². The quantitative estimate of drug-likeness (QED) is 0.774. The summed E-state index contributed by atoms with van der Waals surface area (Å²) < 4.78 is 2.08. The molecule has 0 saturated carbocycles. The summed E-state index contributed by atoms with van der Waals surface area (Å²) in [5.74, 6) is 0.691. The lowest BCUT2D eigenvalue weighted by molar-refractivity contribution is 0.624. The van der Waals surface area contributed by atoms with Gasteiger partial charge >= 0.3 is 0 Å². The molecule has 1 aromatic carbocycles. The predicted octanol–water partition coefficient (Wildman–Crippen LogP) is 2.43. The standard InChI is InChI=1S/C16H18N4O/c1-10(2)20-14-4-3-11(8-17)7-13(14)19-16(20)12-9-18-6-5-15(12)21/h3-7,9-10H,8,17H2,1-2H3,(H,18,21). The predicted molar refractivity (Wildman–Crippen MR) is 84.1 cm³/mol. The molecule has 2 heterocycles. The first-order chi connectivity index (χ1) is 10.1. The number of benzene rings is 1. The molecule has 0 saturated heterocycles. The number of rotatable bonds is 3. The fourth-order valence-corrected chi connectivity index (χ4v) is 2.57. The molecule has 0 amide bonds. The smallest absolute Gasteiger partial charge is 0.192 e. The number of pyridine rings is 1. The van der Waals surface area contributed by atoms with E-state index in [1.165, 1.54) is 6.07 Å². The minimum Gasteiger partial charge on any atom is -0.367 e. The monoisotopic (exact) mass is 282 g/mol. The third-order valence-corrected chi connectivity index (χ3v) is 3.57. The Hall–Kier alpha value is -2.40. The van der Waals surface area contributed by atoms with E-state index in [9.17, 15) is 4.79 Å². The number of H-pyrrole nitrogens is 1. The van der Waals surface area contributed by atoms with E-state index in [4.69, 9.17) is 5.73 Å². The molecule has 0 fully saturated rings. The van der Waals surface area contributed by atoms with Gasteiger partial charge in [-0.15, -0.1) is 0 Å². The van der Waals surface area contributed by atoms with Crippen LogP contribution in [0.25, 0.3) is 22.4 Å². The molecule has 0 radical (unpaired) electrons. The van der Waals surface area contributed by atoms with Crippen LogP contribution in [-0.2, 0) is 6.54 Å². The van der Waals surface area contributed by atoms with E-state index in [2.05, 4.69) is 28.4 Å². The highest BCUT2D eigenvalue weighted by Crippen LogP contribution is 2.27. The van der Waals surface area contributed by atoms with Crippen molar-refractivity contribution in [1.82, 2.24) is 14.5 Å². The maximum atomic E-state index is 12.1. The van der Waals surface area contributed by atoms with Gasteiger partial charge in [0.1, 0.15) is 5.82 Å². The number of hydrogen-bond donors (Lipinski definition) is 2. The molecule has 0 aliphatic heterocycles. The summed E-state index contributed by atoms with van der Waals surface area (Å²) in [5.41, 5.74) is 9.15. The van der Waals surface area contributed by atoms with Crippen LogP contribution in [0.3, 0.4) is 0 Å². The number of imidazole rings is 1. The highest BCUT2D eigenvalue weighted by Gasteiger charge is 2.17. The maximum Gasteiger partial charge on any atom is 0.192 e. The summed E-state index contributed by atoms with van der Waals surface area (Å²) in [6.45, 7) is 4.64. The van der Waals surface area contributed by atoms with Crippen LogP contribution in [0, 0.1) is 0 Å². The molecule has 0 aliphatic carbocycles. The van der Waals surface area contributed by atoms with E-state index < -0.39 is 0 Å². The second kappa shape index (κ2) is 5.18. The average Bonchev–Trinajstić information content (AvgIpc) is 2.85. The number of hydrogen-bond acceptors (Lipinski definition) is 3. The fraction of sp³-hybridized carbons (Fsp3) is 0.250. The van der Waals surface area contributed by atoms with Crippen LogP contribution in [0.2, 0.25) is 0 Å². The van der Waals surface area contributed by atoms with Gasteiger partial charge in [-0.1, -0.05) is 6.07 Å². The van der Waals surface area contributed by atoms with Gasteiger partial charge in [0.15, 0.2) is 5.43 Å². The third-order valence-electron chi connectivity index (χ3n) is 3.57. The van der Waals surface area contributed by atoms with Gasteiger partial charge in [0.05, 0.1) is 16.6 Å². The Morgan fingerprint density at radius 1 is 1.33 bits per heavy atom. The highest BCUT2D eigenvalue weighted by molar-refractivity contribution is 5.81. The van der Waals surface area contributed by atoms with Gasteiger partial charge in [-0.2, -0.15) is 0 Å². The van der Waals surface area contributed by atoms with Crippen molar-refractivity contribution >= 4 is 11.0 Å². The van der Waals surface area contributed by atoms with Gasteiger partial charge < -0.3 is 15.3 Å². The molecular formula is C16H18N4O. The summed E-state index contributed by atoms with van der Waals surface area (Å²) in [6, 6.07) is 7.72. The van der Waals surface area contributed by atoms with E-state index in [0.717, 1.165) is 16.6 Å². The van der Waals surface area contributed by atoms with Crippen molar-refractivity contribution in [2.75, 3.05) is 0 Å². The van der Waals surface area contributed by atoms with Crippen molar-refractivity contribution in [2.45, 2.75) is 26.4 Å². The van der Waals surface area contributed by atoms with Crippen molar-refractivity contribution in [1.29, 1.82) is 0 Å². The molecule has 0 aliphatic rings. The minimum atomic E-state index is -0.0370. The topological polar surface area (TPSA) is 76.7 Å². The molecule has 0 spiro atoms. The SMILES string of the molecule is CC(C)n1c(-c2c[nH]ccc2=O)nc2cc(CN)ccc21. The van der Waals surface area contributed by atoms with Gasteiger partial charge in [0.25, 0.3) is 0 Å². The molecule has 3 N–H and O–H groups in total. The zero-order chi connectivity index (χ0) is 15.0. The highest BCUT2D eigenvalue weighted by atomic mass is 16.1. The first kappa shape index (κ1) is 13.6. The van der Waals surface area contributed by atoms with Crippen LogP contribution in [-0.4, -0.2) is 14.5 Å². The molecule has 3 rings (SSSR count). The summed E-state index contributed by atoms with van der Waals surface area (Å²) in [6.07, 6.45) is 3.33. The summed E-state index contributed by atoms with van der Waals surface area (Å²) in [4.78, 5) is 19.7. The van der Waals surface area contributed by atoms with Crippen LogP contribution < -0.4 is 11.2 Å². The normalized spacial score (nSPS) is 11.4. The van der Waals surface area contributed by atoms with Crippen molar-refractivity contribution in [3.8, 4) is 11.4 Å². The van der Waals surface area contributed by atoms with Crippen molar-refractivity contribution in [3.05, 3.63) is 52.4 Å². The molecule has 0 bridgehead atoms. The Kier molecular flexibility index (Phi) is 3.35. The van der Waals surface area contributed by atoms with E-state index in [1.807, 2.05) is 18.2 Å². The molecule has 108 valence electrons. The molecule has 0 unspecified atom stereocenters. The van der Waals surface area contributed by atoms with Crippen LogP contribution in [0.5, 0.6) is 0 Å². The van der Waals surface area contributed by atoms with Crippen molar-refractivity contribution in [3.63, 3.8) is 0 Å². The van der Waals surface area contributed by atoms with Gasteiger partial charge in [-0.25, -0.2) is 4.98 Å². The Balaban J connectivity index is 2.34. The second-order valence-electron chi connectivity index (χ2n) is 5.35. The lowest BCUT2D eigenvalue weighted by Crippen LogP contribution is -2.10. The fourth-order valence-electron chi connectivity index (χ4n) is 2.57. The first-order valence-corrected chi connectivity index (χ1v) is 7.00. The molecule has 5 heteroatoms. The van der Waals surface area contributed by atoms with E-state index in [1.54, 1.807) is 12.4 Å². The molecule has 21 heavy (non-hydrogen) atoms. The zero-order valence-corrected chi connectivity index (χ0v) is 12.1. The van der Waals surface area contributed by atoms with Crippen LogP contribution >= 0.6 is 0 Å². The lowest BCUT2D eigenvalue weighted by Gasteiger charge is -2.12. The second-order valence-corrected chi connectivity index (χ2v) is 5.35. The summed E-state index contributed by atoms with van der Waals surface area (Å²) in [5, 5.41) is 0. The molecule has 3 aromatic rings. The minimum absolute atomic E-state index is 0.0370. The largest absolute Gasteiger partial charge is 0.367 e. The van der Waals surface area contributed by atoms with Gasteiger partial charge in [0, 0.05) is 31.0 Å². The maximum absolute atomic E-state index is 12.1. The van der Waals surface area contributed by atoms with Gasteiger partial charge in [-0.05, 0) is 31.5 Å². The molecule has 5 nitrogen and oxygen atoms in total. The Labute approximate surface area is 122 Å². The third kappa shape index (κ3) is 2.25. The Morgan fingerprint density at radius 3 is 2.81 bits per heavy atom. The summed E-state index contributed by atoms with van der Waals surface area (Å²) in [7, 11) is 0. The molecule has 0 atom stereocenters. The molecule has 2 aromatic heterocycles. The lowest BCUT2D eigenvalue weighted by atomic mass is 10.2. The average molecular weight is 282 g/mol. The van der Waals surface area contributed by atoms with Crippen LogP contribution in [0.1, 0.15) is 25.5 Å². The first-order valence-electron chi connectivity index (χ1n) is 7.00. The Morgan fingerprint density at radius 2 is 2.14 bits per heavy atom. The van der Waals surface area contributed by atoms with Crippen molar-refractivity contribution < 1.29 is 0 Å². The van der Waals surface area contributed by atoms with E-state index in [-0.39, 0.29) is 11.5 Å². The van der Waals surface area contributed by atoms with Crippen molar-refractivity contribution in [2.24, 2.45) is 5.73 Å². The van der Waals surface area contributed by atoms with Gasteiger partial charge in [-0.3, -0.25) is 4.79 Å². The molecular weight excluding hydrogens is 264 g/mol. The van der Waals surface area contributed by atoms with E-state index >= 15 is 0 Å². The zero-order valence-electron chi connectivity index (χ0n) is 12.1. The number of nitrogens with zero attached hydrogens (tertiary/aromatic N) is 2.